The van der Waals surface area contributed by atoms with Crippen LogP contribution in [0, 0.1) is 5.92 Å². The van der Waals surface area contributed by atoms with Crippen LogP contribution in [0.1, 0.15) is 39.5 Å². The number of urea groups is 1. The fourth-order valence-electron chi connectivity index (χ4n) is 2.17. The molecule has 3 N–H and O–H groups in total. The molecule has 0 radical (unpaired) electrons. The van der Waals surface area contributed by atoms with Crippen molar-refractivity contribution < 1.29 is 19.4 Å². The molecule has 0 heterocycles. The standard InChI is InChI=1S/C13H24N2O4/c1-9(2)7-10(11(16)17)15-12(18)14-8-13(19-3)5-4-6-13/h9-10H,4-8H2,1-3H3,(H,16,17)(H2,14,15,18)/t10-/m0/s1. The van der Waals surface area contributed by atoms with Crippen LogP contribution in [0.3, 0.4) is 0 Å². The third kappa shape index (κ3) is 4.70. The zero-order valence-electron chi connectivity index (χ0n) is 11.9. The van der Waals surface area contributed by atoms with Crippen molar-refractivity contribution in [3.63, 3.8) is 0 Å². The first kappa shape index (κ1) is 15.8. The number of ether oxygens (including phenoxy) is 1. The van der Waals surface area contributed by atoms with E-state index >= 15 is 0 Å². The molecule has 110 valence electrons. The third-order valence-electron chi connectivity index (χ3n) is 3.58. The molecular weight excluding hydrogens is 248 g/mol. The topological polar surface area (TPSA) is 87.7 Å². The zero-order chi connectivity index (χ0) is 14.5. The Hall–Kier alpha value is -1.30. The minimum Gasteiger partial charge on any atom is -0.480 e. The predicted molar refractivity (Wildman–Crippen MR) is 71.0 cm³/mol. The van der Waals surface area contributed by atoms with Gasteiger partial charge in [0.25, 0.3) is 0 Å². The molecule has 1 aliphatic carbocycles. The average Bonchev–Trinajstić information content (AvgIpc) is 2.26. The van der Waals surface area contributed by atoms with Gasteiger partial charge in [-0.1, -0.05) is 13.8 Å². The summed E-state index contributed by atoms with van der Waals surface area (Å²) in [6, 6.07) is -1.30. The Bertz CT molecular complexity index is 321. The van der Waals surface area contributed by atoms with Crippen LogP contribution in [-0.2, 0) is 9.53 Å². The van der Waals surface area contributed by atoms with Gasteiger partial charge in [-0.05, 0) is 31.6 Å². The Morgan fingerprint density at radius 1 is 1.37 bits per heavy atom. The highest BCUT2D eigenvalue weighted by molar-refractivity contribution is 5.82. The lowest BCUT2D eigenvalue weighted by Crippen LogP contribution is -2.53. The Morgan fingerprint density at radius 3 is 2.37 bits per heavy atom. The highest BCUT2D eigenvalue weighted by Gasteiger charge is 2.37. The number of rotatable bonds is 7. The molecule has 1 aliphatic rings. The summed E-state index contributed by atoms with van der Waals surface area (Å²) in [5, 5.41) is 14.2. The molecule has 0 bridgehead atoms. The van der Waals surface area contributed by atoms with Crippen LogP contribution in [0.25, 0.3) is 0 Å². The maximum atomic E-state index is 11.7. The molecule has 0 aromatic carbocycles. The van der Waals surface area contributed by atoms with Crippen LogP contribution in [0.2, 0.25) is 0 Å². The molecule has 6 heteroatoms. The van der Waals surface area contributed by atoms with E-state index in [2.05, 4.69) is 10.6 Å². The average molecular weight is 272 g/mol. The SMILES string of the molecule is COC1(CNC(=O)N[C@@H](CC(C)C)C(=O)O)CCC1. The fourth-order valence-corrected chi connectivity index (χ4v) is 2.17. The van der Waals surface area contributed by atoms with E-state index in [1.165, 1.54) is 0 Å². The van der Waals surface area contributed by atoms with Crippen molar-refractivity contribution in [3.8, 4) is 0 Å². The smallest absolute Gasteiger partial charge is 0.326 e. The Labute approximate surface area is 113 Å². The summed E-state index contributed by atoms with van der Waals surface area (Å²) in [6.07, 6.45) is 3.37. The Morgan fingerprint density at radius 2 is 2.00 bits per heavy atom. The second-order valence-electron chi connectivity index (χ2n) is 5.59. The molecule has 0 aromatic rings. The second-order valence-corrected chi connectivity index (χ2v) is 5.59. The minimum atomic E-state index is -1.01. The van der Waals surface area contributed by atoms with Crippen LogP contribution in [0.4, 0.5) is 4.79 Å². The summed E-state index contributed by atoms with van der Waals surface area (Å²) >= 11 is 0. The Kier molecular flexibility index (Phi) is 5.60. The molecule has 1 saturated carbocycles. The van der Waals surface area contributed by atoms with Gasteiger partial charge in [-0.2, -0.15) is 0 Å². The van der Waals surface area contributed by atoms with Crippen molar-refractivity contribution in [1.29, 1.82) is 0 Å². The molecule has 6 nitrogen and oxygen atoms in total. The number of carbonyl (C=O) groups excluding carboxylic acids is 1. The predicted octanol–water partition coefficient (Wildman–Crippen LogP) is 1.35. The lowest BCUT2D eigenvalue weighted by atomic mass is 9.80. The van der Waals surface area contributed by atoms with Crippen LogP contribution >= 0.6 is 0 Å². The van der Waals surface area contributed by atoms with Crippen LogP contribution in [0.5, 0.6) is 0 Å². The van der Waals surface area contributed by atoms with Gasteiger partial charge in [-0.15, -0.1) is 0 Å². The van der Waals surface area contributed by atoms with Crippen LogP contribution in [-0.4, -0.2) is 42.4 Å². The lowest BCUT2D eigenvalue weighted by Gasteiger charge is -2.40. The molecule has 0 aromatic heterocycles. The van der Waals surface area contributed by atoms with Gasteiger partial charge < -0.3 is 20.5 Å². The number of hydrogen-bond acceptors (Lipinski definition) is 3. The van der Waals surface area contributed by atoms with E-state index in [0.717, 1.165) is 19.3 Å². The Balaban J connectivity index is 2.38. The van der Waals surface area contributed by atoms with Crippen molar-refractivity contribution in [2.75, 3.05) is 13.7 Å². The van der Waals surface area contributed by atoms with E-state index in [4.69, 9.17) is 9.84 Å². The number of methoxy groups -OCH3 is 1. The van der Waals surface area contributed by atoms with Crippen molar-refractivity contribution in [1.82, 2.24) is 10.6 Å². The van der Waals surface area contributed by atoms with Crippen molar-refractivity contribution in [2.24, 2.45) is 5.92 Å². The van der Waals surface area contributed by atoms with E-state index in [1.807, 2.05) is 13.8 Å². The van der Waals surface area contributed by atoms with Crippen molar-refractivity contribution in [2.45, 2.75) is 51.2 Å². The maximum Gasteiger partial charge on any atom is 0.326 e. The first-order valence-corrected chi connectivity index (χ1v) is 6.71. The van der Waals surface area contributed by atoms with E-state index < -0.39 is 18.0 Å². The molecule has 0 spiro atoms. The highest BCUT2D eigenvalue weighted by Crippen LogP contribution is 2.34. The molecule has 2 amide bonds. The van der Waals surface area contributed by atoms with E-state index in [0.29, 0.717) is 13.0 Å². The van der Waals surface area contributed by atoms with Gasteiger partial charge in [-0.25, -0.2) is 9.59 Å². The molecule has 1 rings (SSSR count). The van der Waals surface area contributed by atoms with Crippen molar-refractivity contribution >= 4 is 12.0 Å². The summed E-state index contributed by atoms with van der Waals surface area (Å²) < 4.78 is 5.38. The number of carbonyl (C=O) groups is 2. The van der Waals surface area contributed by atoms with Crippen LogP contribution in [0.15, 0.2) is 0 Å². The van der Waals surface area contributed by atoms with Gasteiger partial charge in [0.2, 0.25) is 0 Å². The minimum absolute atomic E-state index is 0.207. The van der Waals surface area contributed by atoms with Gasteiger partial charge in [0.1, 0.15) is 6.04 Å². The molecule has 0 aliphatic heterocycles. The number of amides is 2. The monoisotopic (exact) mass is 272 g/mol. The van der Waals surface area contributed by atoms with Gasteiger partial charge in [0.05, 0.1) is 5.60 Å². The third-order valence-corrected chi connectivity index (χ3v) is 3.58. The van der Waals surface area contributed by atoms with Gasteiger partial charge >= 0.3 is 12.0 Å². The van der Waals surface area contributed by atoms with Crippen molar-refractivity contribution in [3.05, 3.63) is 0 Å². The lowest BCUT2D eigenvalue weighted by molar-refractivity contribution is -0.139. The van der Waals surface area contributed by atoms with E-state index in [9.17, 15) is 9.59 Å². The summed E-state index contributed by atoms with van der Waals surface area (Å²) in [5.41, 5.74) is -0.256. The number of carboxylic acid groups (broad SMARTS) is 1. The van der Waals surface area contributed by atoms with E-state index in [1.54, 1.807) is 7.11 Å². The number of aliphatic carboxylic acids is 1. The van der Waals surface area contributed by atoms with Gasteiger partial charge in [-0.3, -0.25) is 0 Å². The van der Waals surface area contributed by atoms with Crippen LogP contribution < -0.4 is 10.6 Å². The summed E-state index contributed by atoms with van der Waals surface area (Å²) in [6.45, 7) is 4.26. The highest BCUT2D eigenvalue weighted by atomic mass is 16.5. The summed E-state index contributed by atoms with van der Waals surface area (Å²) in [4.78, 5) is 22.7. The molecule has 1 atom stereocenters. The number of carboxylic acids is 1. The molecule has 1 fully saturated rings. The van der Waals surface area contributed by atoms with Gasteiger partial charge in [0.15, 0.2) is 0 Å². The molecule has 19 heavy (non-hydrogen) atoms. The molecule has 0 saturated heterocycles. The first-order valence-electron chi connectivity index (χ1n) is 6.71. The zero-order valence-corrected chi connectivity index (χ0v) is 11.9. The van der Waals surface area contributed by atoms with Gasteiger partial charge in [0, 0.05) is 13.7 Å². The fraction of sp³-hybridized carbons (Fsp3) is 0.846. The number of nitrogens with one attached hydrogen (secondary N) is 2. The summed E-state index contributed by atoms with van der Waals surface area (Å²) in [5.74, 6) is -0.799. The normalized spacial score (nSPS) is 18.5. The summed E-state index contributed by atoms with van der Waals surface area (Å²) in [7, 11) is 1.64. The van der Waals surface area contributed by atoms with E-state index in [-0.39, 0.29) is 11.5 Å². The second kappa shape index (κ2) is 6.75. The maximum absolute atomic E-state index is 11.7. The molecule has 0 unspecified atom stereocenters. The largest absolute Gasteiger partial charge is 0.480 e. The number of hydrogen-bond donors (Lipinski definition) is 3. The molecular formula is C13H24N2O4. The first-order chi connectivity index (χ1) is 8.88. The quantitative estimate of drug-likeness (QED) is 0.653.